The van der Waals surface area contributed by atoms with Crippen molar-refractivity contribution in [2.75, 3.05) is 6.54 Å². The molecule has 0 aromatic heterocycles. The van der Waals surface area contributed by atoms with E-state index in [-0.39, 0.29) is 17.6 Å². The maximum atomic E-state index is 10.4. The van der Waals surface area contributed by atoms with Gasteiger partial charge in [0.1, 0.15) is 0 Å². The SMILES string of the molecule is CC(=CC(=O)O)CNC1CC(O)C1(C)C. The second-order valence-corrected chi connectivity index (χ2v) is 4.84. The van der Waals surface area contributed by atoms with Crippen molar-refractivity contribution < 1.29 is 15.0 Å². The fourth-order valence-electron chi connectivity index (χ4n) is 1.79. The van der Waals surface area contributed by atoms with Crippen LogP contribution in [0.5, 0.6) is 0 Å². The van der Waals surface area contributed by atoms with Crippen LogP contribution in [0.15, 0.2) is 11.6 Å². The zero-order valence-corrected chi connectivity index (χ0v) is 9.45. The van der Waals surface area contributed by atoms with Gasteiger partial charge in [-0.3, -0.25) is 0 Å². The molecule has 3 N–H and O–H groups in total. The van der Waals surface area contributed by atoms with E-state index < -0.39 is 5.97 Å². The smallest absolute Gasteiger partial charge is 0.328 e. The second-order valence-electron chi connectivity index (χ2n) is 4.84. The predicted molar refractivity (Wildman–Crippen MR) is 57.6 cm³/mol. The van der Waals surface area contributed by atoms with E-state index in [1.54, 1.807) is 6.92 Å². The van der Waals surface area contributed by atoms with Crippen LogP contribution in [0.3, 0.4) is 0 Å². The topological polar surface area (TPSA) is 69.6 Å². The zero-order valence-electron chi connectivity index (χ0n) is 9.45. The lowest BCUT2D eigenvalue weighted by atomic mass is 9.64. The van der Waals surface area contributed by atoms with Crippen LogP contribution in [0.2, 0.25) is 0 Å². The maximum Gasteiger partial charge on any atom is 0.328 e. The molecule has 0 saturated heterocycles. The van der Waals surface area contributed by atoms with Crippen molar-refractivity contribution in [1.29, 1.82) is 0 Å². The van der Waals surface area contributed by atoms with E-state index in [0.29, 0.717) is 6.54 Å². The number of aliphatic hydroxyl groups excluding tert-OH is 1. The van der Waals surface area contributed by atoms with E-state index >= 15 is 0 Å². The van der Waals surface area contributed by atoms with Crippen LogP contribution in [0.1, 0.15) is 27.2 Å². The number of aliphatic hydroxyl groups is 1. The normalized spacial score (nSPS) is 29.7. The molecule has 0 radical (unpaired) electrons. The van der Waals surface area contributed by atoms with Gasteiger partial charge in [0.05, 0.1) is 6.10 Å². The van der Waals surface area contributed by atoms with E-state index in [4.69, 9.17) is 5.11 Å². The molecule has 0 aliphatic heterocycles. The van der Waals surface area contributed by atoms with Crippen LogP contribution in [-0.2, 0) is 4.79 Å². The van der Waals surface area contributed by atoms with Gasteiger partial charge in [0.15, 0.2) is 0 Å². The molecule has 1 saturated carbocycles. The van der Waals surface area contributed by atoms with E-state index in [2.05, 4.69) is 5.32 Å². The Balaban J connectivity index is 2.37. The van der Waals surface area contributed by atoms with E-state index in [9.17, 15) is 9.90 Å². The molecule has 0 spiro atoms. The number of hydrogen-bond acceptors (Lipinski definition) is 3. The summed E-state index contributed by atoms with van der Waals surface area (Å²) in [5, 5.41) is 21.3. The van der Waals surface area contributed by atoms with Crippen LogP contribution < -0.4 is 5.32 Å². The highest BCUT2D eigenvalue weighted by Gasteiger charge is 2.46. The molecule has 2 atom stereocenters. The number of carboxylic acid groups (broad SMARTS) is 1. The lowest BCUT2D eigenvalue weighted by molar-refractivity contribution is -0.131. The summed E-state index contributed by atoms with van der Waals surface area (Å²) in [6, 6.07) is 0.268. The van der Waals surface area contributed by atoms with Gasteiger partial charge in [0.25, 0.3) is 0 Å². The van der Waals surface area contributed by atoms with Crippen molar-refractivity contribution in [2.45, 2.75) is 39.3 Å². The molecule has 15 heavy (non-hydrogen) atoms. The van der Waals surface area contributed by atoms with Crippen molar-refractivity contribution >= 4 is 5.97 Å². The first-order valence-corrected chi connectivity index (χ1v) is 5.15. The van der Waals surface area contributed by atoms with Crippen LogP contribution >= 0.6 is 0 Å². The molecule has 0 aromatic carbocycles. The third-order valence-electron chi connectivity index (χ3n) is 3.21. The standard InChI is InChI=1S/C11H19NO3/c1-7(4-10(14)15)6-12-8-5-9(13)11(8,2)3/h4,8-9,12-13H,5-6H2,1-3H3,(H,14,15). The van der Waals surface area contributed by atoms with Gasteiger partial charge in [-0.25, -0.2) is 4.79 Å². The monoisotopic (exact) mass is 213 g/mol. The summed E-state index contributed by atoms with van der Waals surface area (Å²) in [7, 11) is 0. The fraction of sp³-hybridized carbons (Fsp3) is 0.727. The molecule has 1 aliphatic rings. The van der Waals surface area contributed by atoms with Gasteiger partial charge in [0, 0.05) is 24.1 Å². The molecule has 4 heteroatoms. The molecule has 4 nitrogen and oxygen atoms in total. The Hall–Kier alpha value is -0.870. The molecular formula is C11H19NO3. The Labute approximate surface area is 90.0 Å². The zero-order chi connectivity index (χ0) is 11.6. The molecule has 1 rings (SSSR count). The van der Waals surface area contributed by atoms with E-state index in [1.165, 1.54) is 6.08 Å². The molecule has 0 bridgehead atoms. The average molecular weight is 213 g/mol. The minimum atomic E-state index is -0.915. The number of hydrogen-bond donors (Lipinski definition) is 3. The van der Waals surface area contributed by atoms with Crippen molar-refractivity contribution in [2.24, 2.45) is 5.41 Å². The summed E-state index contributed by atoms with van der Waals surface area (Å²) >= 11 is 0. The van der Waals surface area contributed by atoms with Gasteiger partial charge in [-0.2, -0.15) is 0 Å². The molecule has 0 aromatic rings. The number of rotatable bonds is 4. The number of carboxylic acids is 1. The van der Waals surface area contributed by atoms with Gasteiger partial charge in [-0.15, -0.1) is 0 Å². The maximum absolute atomic E-state index is 10.4. The molecule has 0 amide bonds. The Morgan fingerprint density at radius 1 is 1.60 bits per heavy atom. The number of carbonyl (C=O) groups is 1. The van der Waals surface area contributed by atoms with Crippen LogP contribution in [-0.4, -0.2) is 34.9 Å². The first-order chi connectivity index (χ1) is 6.84. The molecular weight excluding hydrogens is 194 g/mol. The summed E-state index contributed by atoms with van der Waals surface area (Å²) in [6.07, 6.45) is 1.70. The average Bonchev–Trinajstić information content (AvgIpc) is 2.10. The highest BCUT2D eigenvalue weighted by atomic mass is 16.4. The summed E-state index contributed by atoms with van der Waals surface area (Å²) < 4.78 is 0. The summed E-state index contributed by atoms with van der Waals surface area (Å²) in [5.74, 6) is -0.915. The Kier molecular flexibility index (Phi) is 3.52. The highest BCUT2D eigenvalue weighted by molar-refractivity contribution is 5.80. The van der Waals surface area contributed by atoms with Gasteiger partial charge in [0.2, 0.25) is 0 Å². The molecule has 1 fully saturated rings. The second kappa shape index (κ2) is 4.33. The molecule has 1 aliphatic carbocycles. The molecule has 2 unspecified atom stereocenters. The van der Waals surface area contributed by atoms with Crippen LogP contribution in [0.25, 0.3) is 0 Å². The number of aliphatic carboxylic acids is 1. The minimum Gasteiger partial charge on any atom is -0.478 e. The third-order valence-corrected chi connectivity index (χ3v) is 3.21. The number of nitrogens with one attached hydrogen (secondary N) is 1. The minimum absolute atomic E-state index is 0.108. The van der Waals surface area contributed by atoms with Crippen LogP contribution in [0.4, 0.5) is 0 Å². The third kappa shape index (κ3) is 2.79. The van der Waals surface area contributed by atoms with Gasteiger partial charge in [-0.1, -0.05) is 19.4 Å². The largest absolute Gasteiger partial charge is 0.478 e. The van der Waals surface area contributed by atoms with Crippen molar-refractivity contribution in [3.63, 3.8) is 0 Å². The Morgan fingerprint density at radius 3 is 2.60 bits per heavy atom. The van der Waals surface area contributed by atoms with Crippen molar-refractivity contribution in [3.8, 4) is 0 Å². The quantitative estimate of drug-likeness (QED) is 0.603. The highest BCUT2D eigenvalue weighted by Crippen LogP contribution is 2.40. The van der Waals surface area contributed by atoms with Crippen LogP contribution in [0, 0.1) is 5.41 Å². The first-order valence-electron chi connectivity index (χ1n) is 5.15. The Bertz CT molecular complexity index is 284. The summed E-state index contributed by atoms with van der Waals surface area (Å²) in [6.45, 7) is 6.36. The van der Waals surface area contributed by atoms with E-state index in [0.717, 1.165) is 12.0 Å². The first kappa shape index (κ1) is 12.2. The summed E-state index contributed by atoms with van der Waals surface area (Å²) in [5.41, 5.74) is 0.684. The van der Waals surface area contributed by atoms with Gasteiger partial charge >= 0.3 is 5.97 Å². The fourth-order valence-corrected chi connectivity index (χ4v) is 1.79. The molecule has 86 valence electrons. The van der Waals surface area contributed by atoms with Gasteiger partial charge < -0.3 is 15.5 Å². The lowest BCUT2D eigenvalue weighted by Crippen LogP contribution is -2.60. The molecule has 0 heterocycles. The Morgan fingerprint density at radius 2 is 2.20 bits per heavy atom. The van der Waals surface area contributed by atoms with Crippen molar-refractivity contribution in [3.05, 3.63) is 11.6 Å². The summed E-state index contributed by atoms with van der Waals surface area (Å²) in [4.78, 5) is 10.4. The van der Waals surface area contributed by atoms with E-state index in [1.807, 2.05) is 13.8 Å². The van der Waals surface area contributed by atoms with Crippen molar-refractivity contribution in [1.82, 2.24) is 5.32 Å². The predicted octanol–water partition coefficient (Wildman–Crippen LogP) is 0.766. The lowest BCUT2D eigenvalue weighted by Gasteiger charge is -2.49. The van der Waals surface area contributed by atoms with Gasteiger partial charge in [-0.05, 0) is 13.3 Å².